The third kappa shape index (κ3) is 3.64. The number of aromatic nitrogens is 1. The lowest BCUT2D eigenvalue weighted by Crippen LogP contribution is -2.42. The van der Waals surface area contributed by atoms with E-state index in [1.165, 1.54) is 0 Å². The van der Waals surface area contributed by atoms with Gasteiger partial charge in [-0.3, -0.25) is 14.4 Å². The van der Waals surface area contributed by atoms with Crippen molar-refractivity contribution in [3.05, 3.63) is 23.2 Å². The van der Waals surface area contributed by atoms with Crippen molar-refractivity contribution in [2.45, 2.75) is 6.92 Å². The van der Waals surface area contributed by atoms with Crippen LogP contribution in [-0.4, -0.2) is 41.9 Å². The van der Waals surface area contributed by atoms with Gasteiger partial charge in [0, 0.05) is 13.6 Å². The van der Waals surface area contributed by atoms with Gasteiger partial charge in [-0.25, -0.2) is 0 Å². The van der Waals surface area contributed by atoms with Gasteiger partial charge in [0.05, 0.1) is 23.3 Å². The summed E-state index contributed by atoms with van der Waals surface area (Å²) in [6.45, 7) is 2.04. The van der Waals surface area contributed by atoms with E-state index in [-0.39, 0.29) is 24.9 Å². The Morgan fingerprint density at radius 2 is 1.82 bits per heavy atom. The molecule has 0 fully saturated rings. The third-order valence-corrected chi connectivity index (χ3v) is 3.98. The summed E-state index contributed by atoms with van der Waals surface area (Å²) in [5.74, 6) is -0.987. The average molecular weight is 322 g/mol. The van der Waals surface area contributed by atoms with Crippen LogP contribution in [0.5, 0.6) is 0 Å². The monoisotopic (exact) mass is 322 g/mol. The van der Waals surface area contributed by atoms with Crippen molar-refractivity contribution in [2.24, 2.45) is 7.05 Å². The molecule has 2 aromatic rings. The number of hydrogen-bond donors (Lipinski definition) is 3. The van der Waals surface area contributed by atoms with Gasteiger partial charge in [0.1, 0.15) is 5.69 Å². The van der Waals surface area contributed by atoms with E-state index >= 15 is 0 Å². The molecule has 2 heterocycles. The zero-order chi connectivity index (χ0) is 16.1. The topological polar surface area (TPSA) is 92.2 Å². The molecule has 0 radical (unpaired) electrons. The largest absolute Gasteiger partial charge is 0.355 e. The van der Waals surface area contributed by atoms with Crippen LogP contribution in [0.25, 0.3) is 10.2 Å². The van der Waals surface area contributed by atoms with Crippen LogP contribution in [0, 0.1) is 0 Å². The zero-order valence-corrected chi connectivity index (χ0v) is 13.3. The van der Waals surface area contributed by atoms with Crippen LogP contribution in [-0.2, 0) is 16.6 Å². The molecule has 0 spiro atoms. The highest BCUT2D eigenvalue weighted by atomic mass is 32.1. The number of nitrogens with one attached hydrogen (secondary N) is 3. The SMILES string of the molecule is CCNC(=O)CNC(=O)CNC(=O)c1cc2sccc2n1C. The van der Waals surface area contributed by atoms with Gasteiger partial charge in [-0.2, -0.15) is 0 Å². The van der Waals surface area contributed by atoms with E-state index in [1.54, 1.807) is 35.9 Å². The fourth-order valence-corrected chi connectivity index (χ4v) is 2.87. The Bertz CT molecular complexity index is 704. The van der Waals surface area contributed by atoms with E-state index in [1.807, 2.05) is 11.4 Å². The first kappa shape index (κ1) is 16.0. The summed E-state index contributed by atoms with van der Waals surface area (Å²) >= 11 is 1.56. The van der Waals surface area contributed by atoms with Crippen molar-refractivity contribution >= 4 is 39.3 Å². The van der Waals surface area contributed by atoms with E-state index in [0.717, 1.165) is 10.2 Å². The lowest BCUT2D eigenvalue weighted by atomic mass is 10.4. The van der Waals surface area contributed by atoms with Crippen LogP contribution in [0.3, 0.4) is 0 Å². The molecule has 0 saturated heterocycles. The van der Waals surface area contributed by atoms with Crippen LogP contribution in [0.1, 0.15) is 17.4 Å². The Kier molecular flexibility index (Phi) is 5.16. The van der Waals surface area contributed by atoms with Crippen molar-refractivity contribution in [2.75, 3.05) is 19.6 Å². The summed E-state index contributed by atoms with van der Waals surface area (Å²) < 4.78 is 2.81. The van der Waals surface area contributed by atoms with Gasteiger partial charge in [0.25, 0.3) is 5.91 Å². The van der Waals surface area contributed by atoms with Gasteiger partial charge in [-0.05, 0) is 24.4 Å². The number of aryl methyl sites for hydroxylation is 1. The Morgan fingerprint density at radius 3 is 2.50 bits per heavy atom. The van der Waals surface area contributed by atoms with E-state index in [4.69, 9.17) is 0 Å². The predicted octanol–water partition coefficient (Wildman–Crippen LogP) is 0.222. The first-order valence-corrected chi connectivity index (χ1v) is 7.75. The summed E-state index contributed by atoms with van der Waals surface area (Å²) in [5, 5.41) is 9.51. The number of carbonyl (C=O) groups is 3. The van der Waals surface area contributed by atoms with Gasteiger partial charge in [-0.1, -0.05) is 0 Å². The second kappa shape index (κ2) is 7.08. The fourth-order valence-electron chi connectivity index (χ4n) is 2.02. The van der Waals surface area contributed by atoms with Crippen molar-refractivity contribution in [3.8, 4) is 0 Å². The summed E-state index contributed by atoms with van der Waals surface area (Å²) in [6.07, 6.45) is 0. The Balaban J connectivity index is 1.84. The van der Waals surface area contributed by atoms with Crippen LogP contribution in [0.2, 0.25) is 0 Å². The summed E-state index contributed by atoms with van der Waals surface area (Å²) in [4.78, 5) is 34.9. The van der Waals surface area contributed by atoms with Crippen molar-refractivity contribution in [1.82, 2.24) is 20.5 Å². The Labute approximate surface area is 131 Å². The van der Waals surface area contributed by atoms with E-state index in [0.29, 0.717) is 12.2 Å². The molecule has 118 valence electrons. The molecule has 8 heteroatoms. The third-order valence-electron chi connectivity index (χ3n) is 3.13. The normalized spacial score (nSPS) is 10.5. The molecule has 0 aliphatic carbocycles. The number of nitrogens with zero attached hydrogens (tertiary/aromatic N) is 1. The van der Waals surface area contributed by atoms with Crippen molar-refractivity contribution in [3.63, 3.8) is 0 Å². The molecule has 0 aromatic carbocycles. The molecule has 22 heavy (non-hydrogen) atoms. The van der Waals surface area contributed by atoms with E-state index < -0.39 is 5.91 Å². The minimum Gasteiger partial charge on any atom is -0.355 e. The van der Waals surface area contributed by atoms with E-state index in [2.05, 4.69) is 16.0 Å². The maximum atomic E-state index is 12.1. The van der Waals surface area contributed by atoms with Gasteiger partial charge < -0.3 is 20.5 Å². The molecule has 0 saturated carbocycles. The lowest BCUT2D eigenvalue weighted by molar-refractivity contribution is -0.125. The highest BCUT2D eigenvalue weighted by Crippen LogP contribution is 2.23. The average Bonchev–Trinajstić information content (AvgIpc) is 3.06. The highest BCUT2D eigenvalue weighted by molar-refractivity contribution is 7.17. The fraction of sp³-hybridized carbons (Fsp3) is 0.357. The number of hydrogen-bond acceptors (Lipinski definition) is 4. The number of likely N-dealkylation sites (N-methyl/N-ethyl adjacent to an activating group) is 1. The van der Waals surface area contributed by atoms with Crippen molar-refractivity contribution in [1.29, 1.82) is 0 Å². The number of carbonyl (C=O) groups excluding carboxylic acids is 3. The molecular weight excluding hydrogens is 304 g/mol. The quantitative estimate of drug-likeness (QED) is 0.710. The molecular formula is C14H18N4O3S. The minimum absolute atomic E-state index is 0.0948. The predicted molar refractivity (Wildman–Crippen MR) is 84.8 cm³/mol. The second-order valence-corrected chi connectivity index (χ2v) is 5.62. The number of amides is 3. The highest BCUT2D eigenvalue weighted by Gasteiger charge is 2.15. The molecule has 3 amide bonds. The second-order valence-electron chi connectivity index (χ2n) is 4.67. The number of thiophene rings is 1. The van der Waals surface area contributed by atoms with Gasteiger partial charge in [-0.15, -0.1) is 11.3 Å². The standard InChI is InChI=1S/C14H18N4O3S/c1-3-15-12(19)7-16-13(20)8-17-14(21)10-6-11-9(18(10)2)4-5-22-11/h4-6H,3,7-8H2,1-2H3,(H,15,19)(H,16,20)(H,17,21). The number of fused-ring (bicyclic) bond motifs is 1. The summed E-state index contributed by atoms with van der Waals surface area (Å²) in [5.41, 5.74) is 1.48. The van der Waals surface area contributed by atoms with Crippen LogP contribution in [0.15, 0.2) is 17.5 Å². The van der Waals surface area contributed by atoms with Crippen LogP contribution in [0.4, 0.5) is 0 Å². The molecule has 0 aliphatic heterocycles. The first-order valence-electron chi connectivity index (χ1n) is 6.87. The van der Waals surface area contributed by atoms with Gasteiger partial charge in [0.2, 0.25) is 11.8 Å². The Morgan fingerprint density at radius 1 is 1.14 bits per heavy atom. The molecule has 2 rings (SSSR count). The van der Waals surface area contributed by atoms with Crippen LogP contribution < -0.4 is 16.0 Å². The molecule has 0 atom stereocenters. The summed E-state index contributed by atoms with van der Waals surface area (Å²) in [6, 6.07) is 3.73. The molecule has 0 aliphatic rings. The lowest BCUT2D eigenvalue weighted by Gasteiger charge is -2.07. The molecule has 3 N–H and O–H groups in total. The smallest absolute Gasteiger partial charge is 0.268 e. The van der Waals surface area contributed by atoms with Crippen LogP contribution >= 0.6 is 11.3 Å². The van der Waals surface area contributed by atoms with Crippen molar-refractivity contribution < 1.29 is 14.4 Å². The number of rotatable bonds is 6. The zero-order valence-electron chi connectivity index (χ0n) is 12.4. The first-order chi connectivity index (χ1) is 10.5. The molecule has 7 nitrogen and oxygen atoms in total. The summed E-state index contributed by atoms with van der Waals surface area (Å²) in [7, 11) is 1.80. The Hall–Kier alpha value is -2.35. The molecule has 0 bridgehead atoms. The van der Waals surface area contributed by atoms with Gasteiger partial charge in [0.15, 0.2) is 0 Å². The van der Waals surface area contributed by atoms with E-state index in [9.17, 15) is 14.4 Å². The maximum absolute atomic E-state index is 12.1. The minimum atomic E-state index is -0.407. The van der Waals surface area contributed by atoms with Gasteiger partial charge >= 0.3 is 0 Å². The molecule has 0 unspecified atom stereocenters. The maximum Gasteiger partial charge on any atom is 0.268 e. The molecule has 2 aromatic heterocycles.